The van der Waals surface area contributed by atoms with Gasteiger partial charge in [-0.25, -0.2) is 9.97 Å². The molecule has 1 amide bonds. The summed E-state index contributed by atoms with van der Waals surface area (Å²) in [5, 5.41) is 8.44. The lowest BCUT2D eigenvalue weighted by Gasteiger charge is -2.22. The third-order valence-electron chi connectivity index (χ3n) is 1.90. The van der Waals surface area contributed by atoms with Crippen molar-refractivity contribution in [1.82, 2.24) is 9.97 Å². The lowest BCUT2D eigenvalue weighted by Crippen LogP contribution is -2.42. The minimum atomic E-state index is -5.09. The van der Waals surface area contributed by atoms with E-state index in [2.05, 4.69) is 9.97 Å². The van der Waals surface area contributed by atoms with E-state index in [1.165, 1.54) is 0 Å². The quantitative estimate of drug-likeness (QED) is 0.870. The van der Waals surface area contributed by atoms with E-state index in [4.69, 9.17) is 5.11 Å². The lowest BCUT2D eigenvalue weighted by molar-refractivity contribution is -0.170. The summed E-state index contributed by atoms with van der Waals surface area (Å²) in [6, 6.07) is 0. The van der Waals surface area contributed by atoms with Gasteiger partial charge in [-0.15, -0.1) is 0 Å². The maximum absolute atomic E-state index is 12.3. The number of carboxylic acid groups (broad SMARTS) is 1. The molecule has 1 rings (SSSR count). The molecule has 0 spiro atoms. The van der Waals surface area contributed by atoms with Crippen molar-refractivity contribution in [3.63, 3.8) is 0 Å². The summed E-state index contributed by atoms with van der Waals surface area (Å²) in [6.07, 6.45) is -2.63. The van der Waals surface area contributed by atoms with Gasteiger partial charge in [0.25, 0.3) is 0 Å². The molecule has 18 heavy (non-hydrogen) atoms. The van der Waals surface area contributed by atoms with E-state index in [-0.39, 0.29) is 10.6 Å². The Morgan fingerprint density at radius 1 is 1.28 bits per heavy atom. The number of anilines is 1. The molecule has 0 atom stereocenters. The largest absolute Gasteiger partial charge is 0.481 e. The van der Waals surface area contributed by atoms with Gasteiger partial charge in [-0.05, 0) is 0 Å². The van der Waals surface area contributed by atoms with Crippen LogP contribution in [-0.2, 0) is 9.59 Å². The number of nitrogens with zero attached hydrogens (tertiary/aromatic N) is 3. The fourth-order valence-electron chi connectivity index (χ4n) is 1.14. The normalized spacial score (nSPS) is 11.1. The topological polar surface area (TPSA) is 83.4 Å². The number of alkyl halides is 3. The van der Waals surface area contributed by atoms with Crippen LogP contribution in [0.4, 0.5) is 18.9 Å². The van der Waals surface area contributed by atoms with Gasteiger partial charge in [0, 0.05) is 6.54 Å². The van der Waals surface area contributed by atoms with Crippen molar-refractivity contribution in [3.8, 4) is 0 Å². The summed E-state index contributed by atoms with van der Waals surface area (Å²) in [5.74, 6) is -3.47. The van der Waals surface area contributed by atoms with Crippen molar-refractivity contribution in [2.45, 2.75) is 12.6 Å². The molecule has 0 aliphatic rings. The smallest absolute Gasteiger partial charge is 0.471 e. The first-order chi connectivity index (χ1) is 8.32. The molecule has 0 bridgehead atoms. The molecule has 1 heterocycles. The molecule has 0 saturated carbocycles. The summed E-state index contributed by atoms with van der Waals surface area (Å²) in [4.78, 5) is 28.7. The van der Waals surface area contributed by atoms with Crippen molar-refractivity contribution in [1.29, 1.82) is 0 Å². The van der Waals surface area contributed by atoms with E-state index in [9.17, 15) is 22.8 Å². The highest BCUT2D eigenvalue weighted by molar-refractivity contribution is 5.97. The van der Waals surface area contributed by atoms with Crippen LogP contribution in [0.15, 0.2) is 18.7 Å². The van der Waals surface area contributed by atoms with Crippen molar-refractivity contribution >= 4 is 17.6 Å². The van der Waals surface area contributed by atoms with Crippen LogP contribution in [0.5, 0.6) is 0 Å². The maximum Gasteiger partial charge on any atom is 0.471 e. The molecule has 0 aliphatic carbocycles. The number of hydrogen-bond donors (Lipinski definition) is 1. The van der Waals surface area contributed by atoms with Crippen LogP contribution in [0.2, 0.25) is 0 Å². The standard InChI is InChI=1S/C9H8F3N3O3/c10-9(11,12)8(18)15(2-1-7(16)17)6-3-13-5-14-4-6/h3-5H,1-2H2,(H,16,17). The molecular weight excluding hydrogens is 255 g/mol. The third-order valence-corrected chi connectivity index (χ3v) is 1.90. The van der Waals surface area contributed by atoms with Crippen molar-refractivity contribution in [2.75, 3.05) is 11.4 Å². The zero-order chi connectivity index (χ0) is 13.8. The molecule has 0 fully saturated rings. The summed E-state index contributed by atoms with van der Waals surface area (Å²) in [5.41, 5.74) is -0.207. The number of halogens is 3. The molecule has 0 unspecified atom stereocenters. The molecule has 1 aromatic heterocycles. The Balaban J connectivity index is 2.96. The number of aliphatic carboxylic acids is 1. The van der Waals surface area contributed by atoms with Crippen LogP contribution in [0.25, 0.3) is 0 Å². The number of carbonyl (C=O) groups is 2. The Bertz CT molecular complexity index is 436. The van der Waals surface area contributed by atoms with Gasteiger partial charge >= 0.3 is 18.1 Å². The van der Waals surface area contributed by atoms with E-state index in [1.54, 1.807) is 0 Å². The molecule has 0 aromatic carbocycles. The van der Waals surface area contributed by atoms with Gasteiger partial charge in [-0.2, -0.15) is 13.2 Å². The van der Waals surface area contributed by atoms with Crippen molar-refractivity contribution < 1.29 is 27.9 Å². The van der Waals surface area contributed by atoms with E-state index in [0.29, 0.717) is 0 Å². The number of rotatable bonds is 4. The van der Waals surface area contributed by atoms with E-state index in [0.717, 1.165) is 18.7 Å². The molecule has 6 nitrogen and oxygen atoms in total. The van der Waals surface area contributed by atoms with Gasteiger partial charge in [-0.3, -0.25) is 9.59 Å². The van der Waals surface area contributed by atoms with E-state index >= 15 is 0 Å². The Morgan fingerprint density at radius 3 is 2.28 bits per heavy atom. The summed E-state index contributed by atoms with van der Waals surface area (Å²) >= 11 is 0. The second-order valence-corrected chi connectivity index (χ2v) is 3.19. The second-order valence-electron chi connectivity index (χ2n) is 3.19. The van der Waals surface area contributed by atoms with Gasteiger partial charge in [0.1, 0.15) is 6.33 Å². The predicted molar refractivity (Wildman–Crippen MR) is 52.7 cm³/mol. The fourth-order valence-corrected chi connectivity index (χ4v) is 1.14. The molecular formula is C9H8F3N3O3. The monoisotopic (exact) mass is 263 g/mol. The SMILES string of the molecule is O=C(O)CCN(C(=O)C(F)(F)F)c1cncnc1. The highest BCUT2D eigenvalue weighted by atomic mass is 19.4. The van der Waals surface area contributed by atoms with Gasteiger partial charge in [0.15, 0.2) is 0 Å². The average molecular weight is 263 g/mol. The molecule has 0 saturated heterocycles. The first kappa shape index (κ1) is 13.9. The Hall–Kier alpha value is -2.19. The van der Waals surface area contributed by atoms with Crippen LogP contribution in [-0.4, -0.2) is 39.7 Å². The first-order valence-corrected chi connectivity index (χ1v) is 4.68. The van der Waals surface area contributed by atoms with Gasteiger partial charge in [-0.1, -0.05) is 0 Å². The minimum absolute atomic E-state index is 0.207. The van der Waals surface area contributed by atoms with Crippen LogP contribution < -0.4 is 4.90 Å². The van der Waals surface area contributed by atoms with Crippen LogP contribution >= 0.6 is 0 Å². The molecule has 1 aromatic rings. The zero-order valence-electron chi connectivity index (χ0n) is 8.89. The molecule has 1 N–H and O–H groups in total. The Morgan fingerprint density at radius 2 is 1.83 bits per heavy atom. The Kier molecular flexibility index (Phi) is 4.18. The third kappa shape index (κ3) is 3.68. The van der Waals surface area contributed by atoms with Crippen molar-refractivity contribution in [2.24, 2.45) is 0 Å². The van der Waals surface area contributed by atoms with Crippen LogP contribution in [0.3, 0.4) is 0 Å². The summed E-state index contributed by atoms with van der Waals surface area (Å²) in [7, 11) is 0. The van der Waals surface area contributed by atoms with Gasteiger partial charge < -0.3 is 10.0 Å². The van der Waals surface area contributed by atoms with E-state index in [1.807, 2.05) is 0 Å². The highest BCUT2D eigenvalue weighted by Gasteiger charge is 2.43. The Labute approximate surface area is 99.1 Å². The minimum Gasteiger partial charge on any atom is -0.481 e. The lowest BCUT2D eigenvalue weighted by atomic mass is 10.3. The first-order valence-electron chi connectivity index (χ1n) is 4.68. The number of aromatic nitrogens is 2. The average Bonchev–Trinajstić information content (AvgIpc) is 2.29. The summed E-state index contributed by atoms with van der Waals surface area (Å²) in [6.45, 7) is -0.610. The fraction of sp³-hybridized carbons (Fsp3) is 0.333. The van der Waals surface area contributed by atoms with Crippen LogP contribution in [0, 0.1) is 0 Å². The number of carbonyl (C=O) groups excluding carboxylic acids is 1. The molecule has 0 aliphatic heterocycles. The van der Waals surface area contributed by atoms with E-state index < -0.39 is 31.0 Å². The number of carboxylic acids is 1. The molecule has 9 heteroatoms. The molecule has 0 radical (unpaired) electrons. The van der Waals surface area contributed by atoms with Crippen molar-refractivity contribution in [3.05, 3.63) is 18.7 Å². The van der Waals surface area contributed by atoms with Gasteiger partial charge in [0.2, 0.25) is 0 Å². The van der Waals surface area contributed by atoms with Gasteiger partial charge in [0.05, 0.1) is 24.5 Å². The zero-order valence-corrected chi connectivity index (χ0v) is 8.89. The molecule has 98 valence electrons. The number of amides is 1. The summed E-state index contributed by atoms with van der Waals surface area (Å²) < 4.78 is 37.0. The predicted octanol–water partition coefficient (Wildman–Crippen LogP) is 0.847. The second kappa shape index (κ2) is 5.43. The maximum atomic E-state index is 12.3. The van der Waals surface area contributed by atoms with Crippen LogP contribution in [0.1, 0.15) is 6.42 Å². The highest BCUT2D eigenvalue weighted by Crippen LogP contribution is 2.22. The number of hydrogen-bond acceptors (Lipinski definition) is 4.